The number of Topliss-reactive ketones (excluding diaryl/α,β-unsaturated/α-hetero) is 1. The molecule has 0 saturated heterocycles. The second kappa shape index (κ2) is 8.96. The van der Waals surface area contributed by atoms with E-state index in [4.69, 9.17) is 0 Å². The summed E-state index contributed by atoms with van der Waals surface area (Å²) < 4.78 is 0. The third-order valence-electron chi connectivity index (χ3n) is 1.34. The second-order valence-corrected chi connectivity index (χ2v) is 2.25. The first-order chi connectivity index (χ1) is 4.31. The molecule has 0 fully saturated rings. The Morgan fingerprint density at radius 1 is 1.40 bits per heavy atom. The van der Waals surface area contributed by atoms with Gasteiger partial charge in [-0.25, -0.2) is 0 Å². The van der Waals surface area contributed by atoms with Crippen molar-refractivity contribution in [2.45, 2.75) is 39.0 Å². The zero-order valence-electron chi connectivity index (χ0n) is 6.56. The van der Waals surface area contributed by atoms with Crippen LogP contribution in [0.15, 0.2) is 0 Å². The summed E-state index contributed by atoms with van der Waals surface area (Å²) in [5.41, 5.74) is 0. The minimum Gasteiger partial charge on any atom is -0.300 e. The molecule has 10 heavy (non-hydrogen) atoms. The first-order valence-electron chi connectivity index (χ1n) is 3.62. The van der Waals surface area contributed by atoms with Crippen LogP contribution in [0.2, 0.25) is 0 Å². The van der Waals surface area contributed by atoms with E-state index in [1.54, 1.807) is 0 Å². The lowest BCUT2D eigenvalue weighted by Crippen LogP contribution is -1.93. The zero-order valence-corrected chi connectivity index (χ0v) is 7.38. The molecule has 0 aromatic heterocycles. The number of hydrogen-bond acceptors (Lipinski definition) is 1. The topological polar surface area (TPSA) is 17.1 Å². The van der Waals surface area contributed by atoms with Gasteiger partial charge < -0.3 is 0 Å². The fourth-order valence-electron chi connectivity index (χ4n) is 0.697. The van der Waals surface area contributed by atoms with E-state index in [1.807, 2.05) is 0 Å². The molecule has 0 bridgehead atoms. The number of ketones is 1. The van der Waals surface area contributed by atoms with E-state index in [0.29, 0.717) is 12.2 Å². The van der Waals surface area contributed by atoms with Gasteiger partial charge in [-0.1, -0.05) is 19.8 Å². The van der Waals surface area contributed by atoms with Crippen molar-refractivity contribution in [1.82, 2.24) is 0 Å². The molecule has 0 saturated carbocycles. The minimum atomic E-state index is 0. The number of hydrogen-bond donors (Lipinski definition) is 0. The van der Waals surface area contributed by atoms with Crippen LogP contribution >= 0.6 is 12.4 Å². The van der Waals surface area contributed by atoms with Crippen molar-refractivity contribution in [1.29, 1.82) is 0 Å². The third kappa shape index (κ3) is 7.96. The Balaban J connectivity index is 0. The van der Waals surface area contributed by atoms with Gasteiger partial charge in [0.1, 0.15) is 5.78 Å². The summed E-state index contributed by atoms with van der Waals surface area (Å²) in [6.45, 7) is 5.65. The van der Waals surface area contributed by atoms with E-state index in [9.17, 15) is 4.79 Å². The van der Waals surface area contributed by atoms with Crippen LogP contribution in [0.4, 0.5) is 0 Å². The summed E-state index contributed by atoms with van der Waals surface area (Å²) in [4.78, 5) is 10.6. The van der Waals surface area contributed by atoms with Crippen LogP contribution in [0.5, 0.6) is 0 Å². The van der Waals surface area contributed by atoms with Gasteiger partial charge in [-0.3, -0.25) is 4.79 Å². The summed E-state index contributed by atoms with van der Waals surface area (Å²) in [7, 11) is 0. The molecule has 0 rings (SSSR count). The van der Waals surface area contributed by atoms with E-state index >= 15 is 0 Å². The van der Waals surface area contributed by atoms with Gasteiger partial charge >= 0.3 is 0 Å². The zero-order chi connectivity index (χ0) is 7.11. The molecular weight excluding hydrogens is 148 g/mol. The van der Waals surface area contributed by atoms with Crippen LogP contribution in [0.25, 0.3) is 0 Å². The molecule has 0 unspecified atom stereocenters. The Bertz CT molecular complexity index is 81.3. The van der Waals surface area contributed by atoms with Gasteiger partial charge in [0.2, 0.25) is 0 Å². The van der Waals surface area contributed by atoms with Gasteiger partial charge in [0.05, 0.1) is 0 Å². The Hall–Kier alpha value is -0.0400. The van der Waals surface area contributed by atoms with Gasteiger partial charge in [-0.2, -0.15) is 0 Å². The maximum absolute atomic E-state index is 10.6. The molecule has 0 aliphatic carbocycles. The molecule has 2 heteroatoms. The van der Waals surface area contributed by atoms with Crippen LogP contribution in [-0.4, -0.2) is 5.78 Å². The highest BCUT2D eigenvalue weighted by atomic mass is 35.5. The summed E-state index contributed by atoms with van der Waals surface area (Å²) >= 11 is 0. The first-order valence-corrected chi connectivity index (χ1v) is 3.62. The Labute approximate surface area is 69.6 Å². The predicted molar refractivity (Wildman–Crippen MR) is 46.4 cm³/mol. The highest BCUT2D eigenvalue weighted by molar-refractivity contribution is 5.85. The summed E-state index contributed by atoms with van der Waals surface area (Å²) in [6.07, 6.45) is 4.60. The molecule has 61 valence electrons. The number of carbonyl (C=O) groups excluding carboxylic acids is 1. The molecule has 1 nitrogen and oxygen atoms in total. The Morgan fingerprint density at radius 2 is 2.00 bits per heavy atom. The van der Waals surface area contributed by atoms with Crippen LogP contribution in [-0.2, 0) is 4.79 Å². The van der Waals surface area contributed by atoms with E-state index < -0.39 is 0 Å². The molecule has 0 atom stereocenters. The molecule has 0 aliphatic heterocycles. The lowest BCUT2D eigenvalue weighted by molar-refractivity contribution is -0.118. The van der Waals surface area contributed by atoms with Crippen LogP contribution in [0, 0.1) is 6.92 Å². The molecule has 0 spiro atoms. The van der Waals surface area contributed by atoms with Crippen LogP contribution in [0.3, 0.4) is 0 Å². The van der Waals surface area contributed by atoms with Gasteiger partial charge in [0.25, 0.3) is 0 Å². The average molecular weight is 164 g/mol. The smallest absolute Gasteiger partial charge is 0.132 e. The van der Waals surface area contributed by atoms with Gasteiger partial charge in [0, 0.05) is 12.8 Å². The fourth-order valence-corrected chi connectivity index (χ4v) is 0.697. The van der Waals surface area contributed by atoms with E-state index in [0.717, 1.165) is 12.8 Å². The first kappa shape index (κ1) is 12.6. The van der Waals surface area contributed by atoms with Crippen LogP contribution < -0.4 is 0 Å². The molecule has 0 N–H and O–H groups in total. The summed E-state index contributed by atoms with van der Waals surface area (Å²) in [5.74, 6) is 0.295. The third-order valence-corrected chi connectivity index (χ3v) is 1.34. The fraction of sp³-hybridized carbons (Fsp3) is 0.750. The number of rotatable bonds is 5. The molecular formula is C8H16ClO. The monoisotopic (exact) mass is 163 g/mol. The normalized spacial score (nSPS) is 8.60. The van der Waals surface area contributed by atoms with Crippen molar-refractivity contribution >= 4 is 18.2 Å². The number of carbonyl (C=O) groups is 1. The Kier molecular flexibility index (Phi) is 11.3. The van der Waals surface area contributed by atoms with Gasteiger partial charge in [-0.15, -0.1) is 12.4 Å². The van der Waals surface area contributed by atoms with Crippen molar-refractivity contribution in [3.05, 3.63) is 6.92 Å². The summed E-state index contributed by atoms with van der Waals surface area (Å²) in [6, 6.07) is 0. The van der Waals surface area contributed by atoms with Gasteiger partial charge in [0.15, 0.2) is 0 Å². The van der Waals surface area contributed by atoms with Crippen molar-refractivity contribution in [3.63, 3.8) is 0 Å². The highest BCUT2D eigenvalue weighted by Crippen LogP contribution is 2.00. The molecule has 0 amide bonds. The quantitative estimate of drug-likeness (QED) is 0.570. The van der Waals surface area contributed by atoms with E-state index in [1.165, 1.54) is 12.8 Å². The molecule has 0 aromatic carbocycles. The predicted octanol–water partition coefficient (Wildman–Crippen LogP) is 2.78. The minimum absolute atomic E-state index is 0. The highest BCUT2D eigenvalue weighted by Gasteiger charge is 1.95. The van der Waals surface area contributed by atoms with E-state index in [-0.39, 0.29) is 12.4 Å². The van der Waals surface area contributed by atoms with Crippen molar-refractivity contribution < 1.29 is 4.79 Å². The maximum Gasteiger partial charge on any atom is 0.132 e. The number of unbranched alkanes of at least 4 members (excludes halogenated alkanes) is 2. The largest absolute Gasteiger partial charge is 0.300 e. The molecule has 0 aromatic rings. The molecule has 0 heterocycles. The average Bonchev–Trinajstić information content (AvgIpc) is 1.89. The lowest BCUT2D eigenvalue weighted by Gasteiger charge is -1.93. The van der Waals surface area contributed by atoms with Crippen molar-refractivity contribution in [3.8, 4) is 0 Å². The van der Waals surface area contributed by atoms with Crippen LogP contribution in [0.1, 0.15) is 39.0 Å². The standard InChI is InChI=1S/C8H15O.ClH/c1-3-5-6-7-8(9)4-2;/h2-7H2,1H3;1H. The van der Waals surface area contributed by atoms with E-state index in [2.05, 4.69) is 13.8 Å². The second-order valence-electron chi connectivity index (χ2n) is 2.25. The molecule has 0 aliphatic rings. The number of halogens is 1. The summed E-state index contributed by atoms with van der Waals surface area (Å²) in [5, 5.41) is 0. The lowest BCUT2D eigenvalue weighted by atomic mass is 10.1. The van der Waals surface area contributed by atoms with Crippen molar-refractivity contribution in [2.24, 2.45) is 0 Å². The molecule has 1 radical (unpaired) electrons. The van der Waals surface area contributed by atoms with Crippen molar-refractivity contribution in [2.75, 3.05) is 0 Å². The van der Waals surface area contributed by atoms with Gasteiger partial charge in [-0.05, 0) is 13.3 Å². The maximum atomic E-state index is 10.6. The Morgan fingerprint density at radius 3 is 2.40 bits per heavy atom. The SMILES string of the molecule is Cl.[CH2]CC(=O)CCCCC.